The number of nitrogens with two attached hydrogens (primary N) is 1. The Hall–Kier alpha value is -2.01. The minimum Gasteiger partial charge on any atom is -0.490 e. The first-order valence-corrected chi connectivity index (χ1v) is 8.70. The van der Waals surface area contributed by atoms with Gasteiger partial charge in [-0.1, -0.05) is 20.8 Å². The van der Waals surface area contributed by atoms with Crippen LogP contribution in [0.25, 0.3) is 11.3 Å². The number of aromatic nitrogens is 2. The van der Waals surface area contributed by atoms with Crippen LogP contribution < -0.4 is 10.5 Å². The Balaban J connectivity index is 2.09. The monoisotopic (exact) mass is 345 g/mol. The van der Waals surface area contributed by atoms with Gasteiger partial charge in [0.2, 0.25) is 0 Å². The molecule has 0 spiro atoms. The Morgan fingerprint density at radius 2 is 1.92 bits per heavy atom. The molecular formula is C20H28FN3O. The van der Waals surface area contributed by atoms with E-state index in [1.54, 1.807) is 18.3 Å². The van der Waals surface area contributed by atoms with Crippen LogP contribution in [0.4, 0.5) is 4.39 Å². The fourth-order valence-corrected chi connectivity index (χ4v) is 2.78. The maximum Gasteiger partial charge on any atom is 0.165 e. The van der Waals surface area contributed by atoms with Crippen LogP contribution in [0.2, 0.25) is 0 Å². The fourth-order valence-electron chi connectivity index (χ4n) is 2.78. The van der Waals surface area contributed by atoms with Gasteiger partial charge in [-0.25, -0.2) is 14.4 Å². The van der Waals surface area contributed by atoms with E-state index in [2.05, 4.69) is 16.9 Å². The van der Waals surface area contributed by atoms with Crippen LogP contribution in [-0.2, 0) is 0 Å². The predicted octanol–water partition coefficient (Wildman–Crippen LogP) is 4.55. The lowest BCUT2D eigenvalue weighted by atomic mass is 9.93. The van der Waals surface area contributed by atoms with Crippen molar-refractivity contribution >= 4 is 0 Å². The van der Waals surface area contributed by atoms with Crippen molar-refractivity contribution in [2.75, 3.05) is 6.61 Å². The van der Waals surface area contributed by atoms with Gasteiger partial charge in [0, 0.05) is 23.2 Å². The standard InChI is InChI=1S/C20H28FN3O/c1-13(2)19-23-9-8-17(24-19)15-6-7-18(16(21)10-15)25-12-14(3)11-20(4,5)22/h6-10,13-14H,11-12,22H2,1-5H3/t14-/m0/s1. The fraction of sp³-hybridized carbons (Fsp3) is 0.500. The highest BCUT2D eigenvalue weighted by Gasteiger charge is 2.17. The van der Waals surface area contributed by atoms with Gasteiger partial charge in [-0.05, 0) is 50.5 Å². The Kier molecular flexibility index (Phi) is 6.11. The highest BCUT2D eigenvalue weighted by molar-refractivity contribution is 5.60. The van der Waals surface area contributed by atoms with Crippen molar-refractivity contribution in [2.24, 2.45) is 11.7 Å². The van der Waals surface area contributed by atoms with Gasteiger partial charge < -0.3 is 10.5 Å². The van der Waals surface area contributed by atoms with Crippen LogP contribution in [0.5, 0.6) is 5.75 Å². The molecule has 0 unspecified atom stereocenters. The van der Waals surface area contributed by atoms with Gasteiger partial charge in [0.15, 0.2) is 11.6 Å². The molecule has 0 bridgehead atoms. The number of ether oxygens (including phenoxy) is 1. The van der Waals surface area contributed by atoms with Crippen LogP contribution in [0.15, 0.2) is 30.5 Å². The largest absolute Gasteiger partial charge is 0.490 e. The van der Waals surface area contributed by atoms with Crippen LogP contribution in [0.1, 0.15) is 52.8 Å². The molecule has 1 aromatic heterocycles. The van der Waals surface area contributed by atoms with Crippen molar-refractivity contribution < 1.29 is 9.13 Å². The lowest BCUT2D eigenvalue weighted by Crippen LogP contribution is -2.35. The van der Waals surface area contributed by atoms with E-state index in [0.717, 1.165) is 12.2 Å². The van der Waals surface area contributed by atoms with E-state index in [1.807, 2.05) is 33.8 Å². The zero-order valence-corrected chi connectivity index (χ0v) is 15.7. The topological polar surface area (TPSA) is 61.0 Å². The Labute approximate surface area is 149 Å². The molecule has 2 N–H and O–H groups in total. The molecule has 0 radical (unpaired) electrons. The normalized spacial score (nSPS) is 13.1. The smallest absolute Gasteiger partial charge is 0.165 e. The third-order valence-electron chi connectivity index (χ3n) is 3.82. The molecule has 1 aromatic carbocycles. The van der Waals surface area contributed by atoms with E-state index < -0.39 is 0 Å². The summed E-state index contributed by atoms with van der Waals surface area (Å²) in [4.78, 5) is 8.74. The van der Waals surface area contributed by atoms with Crippen LogP contribution in [0, 0.1) is 11.7 Å². The quantitative estimate of drug-likeness (QED) is 0.800. The predicted molar refractivity (Wildman–Crippen MR) is 99.1 cm³/mol. The van der Waals surface area contributed by atoms with E-state index >= 15 is 0 Å². The number of rotatable bonds is 7. The third kappa shape index (κ3) is 5.78. The second kappa shape index (κ2) is 7.91. The van der Waals surface area contributed by atoms with Gasteiger partial charge in [0.25, 0.3) is 0 Å². The summed E-state index contributed by atoms with van der Waals surface area (Å²) >= 11 is 0. The van der Waals surface area contributed by atoms with Crippen molar-refractivity contribution in [2.45, 2.75) is 52.5 Å². The van der Waals surface area contributed by atoms with Crippen LogP contribution in [0.3, 0.4) is 0 Å². The number of hydrogen-bond donors (Lipinski definition) is 1. The minimum atomic E-state index is -0.388. The lowest BCUT2D eigenvalue weighted by Gasteiger charge is -2.23. The molecule has 0 aliphatic heterocycles. The number of nitrogens with zero attached hydrogens (tertiary/aromatic N) is 2. The zero-order valence-electron chi connectivity index (χ0n) is 15.7. The molecule has 0 amide bonds. The molecule has 2 rings (SSSR count). The van der Waals surface area contributed by atoms with Gasteiger partial charge in [-0.2, -0.15) is 0 Å². The molecule has 136 valence electrons. The van der Waals surface area contributed by atoms with Crippen LogP contribution in [-0.4, -0.2) is 22.1 Å². The summed E-state index contributed by atoms with van der Waals surface area (Å²) < 4.78 is 20.0. The number of hydrogen-bond acceptors (Lipinski definition) is 4. The van der Waals surface area contributed by atoms with Gasteiger partial charge in [-0.3, -0.25) is 0 Å². The van der Waals surface area contributed by atoms with Crippen molar-refractivity contribution in [3.63, 3.8) is 0 Å². The maximum atomic E-state index is 14.4. The van der Waals surface area contributed by atoms with E-state index in [0.29, 0.717) is 17.9 Å². The molecule has 0 saturated carbocycles. The molecule has 5 heteroatoms. The molecule has 1 heterocycles. The molecule has 0 fully saturated rings. The second-order valence-corrected chi connectivity index (χ2v) is 7.71. The van der Waals surface area contributed by atoms with Gasteiger partial charge in [-0.15, -0.1) is 0 Å². The SMILES string of the molecule is CC(C)c1nccc(-c2ccc(OC[C@@H](C)CC(C)(C)N)c(F)c2)n1. The van der Waals surface area contributed by atoms with E-state index in [1.165, 1.54) is 6.07 Å². The van der Waals surface area contributed by atoms with Crippen molar-refractivity contribution in [3.05, 3.63) is 42.1 Å². The Morgan fingerprint density at radius 1 is 1.20 bits per heavy atom. The molecule has 4 nitrogen and oxygen atoms in total. The first-order chi connectivity index (χ1) is 11.7. The van der Waals surface area contributed by atoms with E-state index in [4.69, 9.17) is 10.5 Å². The van der Waals surface area contributed by atoms with Gasteiger partial charge in [0.05, 0.1) is 12.3 Å². The Morgan fingerprint density at radius 3 is 2.52 bits per heavy atom. The highest BCUT2D eigenvalue weighted by atomic mass is 19.1. The highest BCUT2D eigenvalue weighted by Crippen LogP contribution is 2.26. The maximum absolute atomic E-state index is 14.4. The average molecular weight is 345 g/mol. The zero-order chi connectivity index (χ0) is 18.6. The summed E-state index contributed by atoms with van der Waals surface area (Å²) in [6.45, 7) is 10.5. The summed E-state index contributed by atoms with van der Waals surface area (Å²) in [6.07, 6.45) is 2.52. The van der Waals surface area contributed by atoms with Crippen molar-refractivity contribution in [1.82, 2.24) is 9.97 Å². The van der Waals surface area contributed by atoms with Crippen molar-refractivity contribution in [3.8, 4) is 17.0 Å². The molecule has 1 atom stereocenters. The number of benzene rings is 1. The summed E-state index contributed by atoms with van der Waals surface area (Å²) in [5, 5.41) is 0. The molecule has 0 aliphatic rings. The first-order valence-electron chi connectivity index (χ1n) is 8.70. The number of halogens is 1. The first kappa shape index (κ1) is 19.3. The molecular weight excluding hydrogens is 317 g/mol. The van der Waals surface area contributed by atoms with Gasteiger partial charge in [0.1, 0.15) is 5.82 Å². The molecule has 0 saturated heterocycles. The summed E-state index contributed by atoms with van der Waals surface area (Å²) in [7, 11) is 0. The summed E-state index contributed by atoms with van der Waals surface area (Å²) in [5.41, 5.74) is 7.18. The lowest BCUT2D eigenvalue weighted by molar-refractivity contribution is 0.222. The second-order valence-electron chi connectivity index (χ2n) is 7.71. The molecule has 2 aromatic rings. The average Bonchev–Trinajstić information content (AvgIpc) is 2.52. The summed E-state index contributed by atoms with van der Waals surface area (Å²) in [5.74, 6) is 1.08. The van der Waals surface area contributed by atoms with Crippen molar-refractivity contribution in [1.29, 1.82) is 0 Å². The Bertz CT molecular complexity index is 710. The van der Waals surface area contributed by atoms with Gasteiger partial charge >= 0.3 is 0 Å². The van der Waals surface area contributed by atoms with Crippen LogP contribution >= 0.6 is 0 Å². The van der Waals surface area contributed by atoms with E-state index in [-0.39, 0.29) is 28.9 Å². The molecule has 0 aliphatic carbocycles. The minimum absolute atomic E-state index is 0.223. The summed E-state index contributed by atoms with van der Waals surface area (Å²) in [6, 6.07) is 6.72. The third-order valence-corrected chi connectivity index (χ3v) is 3.82. The molecule has 25 heavy (non-hydrogen) atoms. The van der Waals surface area contributed by atoms with E-state index in [9.17, 15) is 4.39 Å².